The summed E-state index contributed by atoms with van der Waals surface area (Å²) in [7, 11) is 2.04. The minimum atomic E-state index is 0.567. The van der Waals surface area contributed by atoms with E-state index in [4.69, 9.17) is 5.53 Å². The van der Waals surface area contributed by atoms with Crippen LogP contribution in [0.2, 0.25) is 0 Å². The van der Waals surface area contributed by atoms with Gasteiger partial charge in [-0.1, -0.05) is 5.11 Å². The molecule has 0 bridgehead atoms. The van der Waals surface area contributed by atoms with Gasteiger partial charge in [0, 0.05) is 23.4 Å². The molecule has 0 fully saturated rings. The molecule has 14 heavy (non-hydrogen) atoms. The molecule has 5 nitrogen and oxygen atoms in total. The number of nitrogens with zero attached hydrogens (tertiary/aromatic N) is 5. The van der Waals surface area contributed by atoms with Gasteiger partial charge >= 0.3 is 0 Å². The molecule has 0 aromatic carbocycles. The molecule has 0 saturated carbocycles. The molecule has 0 aliphatic heterocycles. The molecule has 0 N–H and O–H groups in total. The molecule has 6 heteroatoms. The van der Waals surface area contributed by atoms with Gasteiger partial charge in [0.1, 0.15) is 0 Å². The van der Waals surface area contributed by atoms with Gasteiger partial charge < -0.3 is 4.90 Å². The quantitative estimate of drug-likeness (QED) is 0.313. The van der Waals surface area contributed by atoms with Crippen molar-refractivity contribution in [2.75, 3.05) is 20.1 Å². The van der Waals surface area contributed by atoms with Gasteiger partial charge in [-0.15, -0.1) is 11.3 Å². The standard InChI is InChI=1S/C8H13N5S/c1-13(4-2-3-11-12-9)5-8-6-14-7-10-8/h6-7H,2-5H2,1H3. The van der Waals surface area contributed by atoms with Crippen molar-refractivity contribution in [3.63, 3.8) is 0 Å². The molecule has 0 aliphatic carbocycles. The molecule has 1 heterocycles. The first-order valence-corrected chi connectivity index (χ1v) is 5.33. The van der Waals surface area contributed by atoms with E-state index >= 15 is 0 Å². The lowest BCUT2D eigenvalue weighted by Gasteiger charge is -2.13. The normalized spacial score (nSPS) is 10.1. The Kier molecular flexibility index (Phi) is 4.99. The summed E-state index contributed by atoms with van der Waals surface area (Å²) in [5.74, 6) is 0. The summed E-state index contributed by atoms with van der Waals surface area (Å²) in [4.78, 5) is 9.07. The maximum Gasteiger partial charge on any atom is 0.0795 e. The second-order valence-corrected chi connectivity index (χ2v) is 3.74. The minimum Gasteiger partial charge on any atom is -0.301 e. The van der Waals surface area contributed by atoms with E-state index in [9.17, 15) is 0 Å². The molecule has 1 aromatic rings. The molecule has 0 aliphatic rings. The van der Waals surface area contributed by atoms with E-state index in [0.29, 0.717) is 6.54 Å². The largest absolute Gasteiger partial charge is 0.301 e. The van der Waals surface area contributed by atoms with Gasteiger partial charge in [0.2, 0.25) is 0 Å². The van der Waals surface area contributed by atoms with E-state index < -0.39 is 0 Å². The fourth-order valence-electron chi connectivity index (χ4n) is 1.13. The summed E-state index contributed by atoms with van der Waals surface area (Å²) in [6, 6.07) is 0. The van der Waals surface area contributed by atoms with E-state index in [1.165, 1.54) is 0 Å². The third kappa shape index (κ3) is 4.23. The molecule has 0 unspecified atom stereocenters. The van der Waals surface area contributed by atoms with Crippen molar-refractivity contribution in [3.8, 4) is 0 Å². The second-order valence-electron chi connectivity index (χ2n) is 3.03. The summed E-state index contributed by atoms with van der Waals surface area (Å²) in [6.07, 6.45) is 0.894. The highest BCUT2D eigenvalue weighted by Gasteiger charge is 2.00. The van der Waals surface area contributed by atoms with Crippen molar-refractivity contribution in [2.45, 2.75) is 13.0 Å². The Labute approximate surface area is 87.0 Å². The van der Waals surface area contributed by atoms with Crippen molar-refractivity contribution in [2.24, 2.45) is 5.11 Å². The number of hydrogen-bond acceptors (Lipinski definition) is 4. The lowest BCUT2D eigenvalue weighted by atomic mass is 10.3. The average Bonchev–Trinajstić information content (AvgIpc) is 2.65. The molecule has 0 atom stereocenters. The number of thiazole rings is 1. The van der Waals surface area contributed by atoms with Gasteiger partial charge in [-0.2, -0.15) is 0 Å². The van der Waals surface area contributed by atoms with Gasteiger partial charge in [0.15, 0.2) is 0 Å². The highest BCUT2D eigenvalue weighted by molar-refractivity contribution is 7.07. The second kappa shape index (κ2) is 6.37. The summed E-state index contributed by atoms with van der Waals surface area (Å²) >= 11 is 1.61. The Hall–Kier alpha value is -1.10. The van der Waals surface area contributed by atoms with Crippen LogP contribution in [0.1, 0.15) is 12.1 Å². The highest BCUT2D eigenvalue weighted by Crippen LogP contribution is 2.04. The van der Waals surface area contributed by atoms with Gasteiger partial charge in [-0.3, -0.25) is 0 Å². The zero-order valence-electron chi connectivity index (χ0n) is 8.13. The van der Waals surface area contributed by atoms with Crippen molar-refractivity contribution < 1.29 is 0 Å². The topological polar surface area (TPSA) is 64.9 Å². The Morgan fingerprint density at radius 1 is 1.71 bits per heavy atom. The third-order valence-electron chi connectivity index (χ3n) is 1.78. The molecule has 0 radical (unpaired) electrons. The minimum absolute atomic E-state index is 0.567. The predicted octanol–water partition coefficient (Wildman–Crippen LogP) is 2.28. The monoisotopic (exact) mass is 211 g/mol. The zero-order valence-corrected chi connectivity index (χ0v) is 8.94. The van der Waals surface area contributed by atoms with Gasteiger partial charge in [-0.05, 0) is 25.5 Å². The molecule has 76 valence electrons. The van der Waals surface area contributed by atoms with E-state index in [2.05, 4.69) is 19.9 Å². The van der Waals surface area contributed by atoms with E-state index in [1.54, 1.807) is 11.3 Å². The molecule has 1 rings (SSSR count). The van der Waals surface area contributed by atoms with Crippen LogP contribution in [0.5, 0.6) is 0 Å². The van der Waals surface area contributed by atoms with Crippen LogP contribution in [-0.4, -0.2) is 30.0 Å². The summed E-state index contributed by atoms with van der Waals surface area (Å²) in [5, 5.41) is 5.53. The lowest BCUT2D eigenvalue weighted by Crippen LogP contribution is -2.19. The van der Waals surface area contributed by atoms with Crippen LogP contribution in [0.25, 0.3) is 10.4 Å². The van der Waals surface area contributed by atoms with Crippen LogP contribution in [-0.2, 0) is 6.54 Å². The maximum atomic E-state index is 8.08. The number of aromatic nitrogens is 1. The summed E-state index contributed by atoms with van der Waals surface area (Å²) in [6.45, 7) is 2.36. The van der Waals surface area contributed by atoms with E-state index in [1.807, 2.05) is 17.9 Å². The van der Waals surface area contributed by atoms with E-state index in [-0.39, 0.29) is 0 Å². The molecule has 0 spiro atoms. The summed E-state index contributed by atoms with van der Waals surface area (Å²) < 4.78 is 0. The summed E-state index contributed by atoms with van der Waals surface area (Å²) in [5.41, 5.74) is 11.0. The Morgan fingerprint density at radius 3 is 3.21 bits per heavy atom. The smallest absolute Gasteiger partial charge is 0.0795 e. The predicted molar refractivity (Wildman–Crippen MR) is 57.1 cm³/mol. The maximum absolute atomic E-state index is 8.08. The molecule has 1 aromatic heterocycles. The first-order valence-electron chi connectivity index (χ1n) is 4.39. The first kappa shape index (κ1) is 11.0. The van der Waals surface area contributed by atoms with Crippen molar-refractivity contribution in [1.29, 1.82) is 0 Å². The Balaban J connectivity index is 2.16. The fourth-order valence-corrected chi connectivity index (χ4v) is 1.68. The zero-order chi connectivity index (χ0) is 10.2. The van der Waals surface area contributed by atoms with E-state index in [0.717, 1.165) is 25.2 Å². The van der Waals surface area contributed by atoms with Crippen LogP contribution < -0.4 is 0 Å². The highest BCUT2D eigenvalue weighted by atomic mass is 32.1. The lowest BCUT2D eigenvalue weighted by molar-refractivity contribution is 0.321. The molecule has 0 amide bonds. The van der Waals surface area contributed by atoms with Crippen LogP contribution in [0.3, 0.4) is 0 Å². The molecular formula is C8H13N5S. The van der Waals surface area contributed by atoms with Gasteiger partial charge in [0.05, 0.1) is 11.2 Å². The Morgan fingerprint density at radius 2 is 2.57 bits per heavy atom. The SMILES string of the molecule is CN(CCCN=[N+]=[N-])Cc1cscn1. The third-order valence-corrected chi connectivity index (χ3v) is 2.41. The molecular weight excluding hydrogens is 198 g/mol. The van der Waals surface area contributed by atoms with Gasteiger partial charge in [0.25, 0.3) is 0 Å². The van der Waals surface area contributed by atoms with Crippen molar-refractivity contribution in [3.05, 3.63) is 27.0 Å². The van der Waals surface area contributed by atoms with Gasteiger partial charge in [-0.25, -0.2) is 4.98 Å². The number of rotatable bonds is 6. The van der Waals surface area contributed by atoms with Crippen LogP contribution in [0.4, 0.5) is 0 Å². The van der Waals surface area contributed by atoms with Crippen LogP contribution >= 0.6 is 11.3 Å². The van der Waals surface area contributed by atoms with Crippen molar-refractivity contribution >= 4 is 11.3 Å². The first-order chi connectivity index (χ1) is 6.83. The Bertz CT molecular complexity index is 291. The van der Waals surface area contributed by atoms with Crippen molar-refractivity contribution in [1.82, 2.24) is 9.88 Å². The van der Waals surface area contributed by atoms with Crippen LogP contribution in [0.15, 0.2) is 16.0 Å². The van der Waals surface area contributed by atoms with Crippen LogP contribution in [0, 0.1) is 0 Å². The fraction of sp³-hybridized carbons (Fsp3) is 0.625. The number of azide groups is 1. The molecule has 0 saturated heterocycles. The number of hydrogen-bond donors (Lipinski definition) is 0. The average molecular weight is 211 g/mol.